The molecule has 1 saturated heterocycles. The smallest absolute Gasteiger partial charge is 0.327 e. The number of benzene rings is 3. The summed E-state index contributed by atoms with van der Waals surface area (Å²) in [5.74, 6) is -4.14. The summed E-state index contributed by atoms with van der Waals surface area (Å²) in [6.45, 7) is 3.18. The van der Waals surface area contributed by atoms with Crippen molar-refractivity contribution in [3.8, 4) is 5.75 Å². The van der Waals surface area contributed by atoms with Gasteiger partial charge in [0.2, 0.25) is 11.8 Å². The van der Waals surface area contributed by atoms with Gasteiger partial charge in [0.1, 0.15) is 11.8 Å². The van der Waals surface area contributed by atoms with Gasteiger partial charge in [-0.25, -0.2) is 4.79 Å². The van der Waals surface area contributed by atoms with Crippen molar-refractivity contribution in [3.63, 3.8) is 0 Å². The van der Waals surface area contributed by atoms with Gasteiger partial charge in [0.05, 0.1) is 16.9 Å². The SMILES string of the molecule is CC(C)C(C(=O)O)N1C(=O)C2C3CC(C2C1=O)C1C3Sc2[nH]c(=O)sc2[C@@H]1c1ccccc1OCC(=O)Nc1cccc2ccccc12. The van der Waals surface area contributed by atoms with Gasteiger partial charge in [0.25, 0.3) is 5.91 Å². The van der Waals surface area contributed by atoms with Gasteiger partial charge in [0, 0.05) is 32.7 Å². The molecule has 12 heteroatoms. The number of hydrogen-bond donors (Lipinski definition) is 3. The third-order valence-electron chi connectivity index (χ3n) is 10.6. The maximum Gasteiger partial charge on any atom is 0.327 e. The first kappa shape index (κ1) is 30.9. The number of nitrogens with one attached hydrogen (secondary N) is 2. The molecule has 3 N–H and O–H groups in total. The van der Waals surface area contributed by atoms with Crippen LogP contribution in [0.3, 0.4) is 0 Å². The number of anilines is 1. The number of nitrogens with zero attached hydrogens (tertiary/aromatic N) is 1. The summed E-state index contributed by atoms with van der Waals surface area (Å²) in [4.78, 5) is 70.7. The molecular formula is C36H33N3O7S2. The van der Waals surface area contributed by atoms with E-state index in [0.29, 0.717) is 17.9 Å². The monoisotopic (exact) mass is 683 g/mol. The molecule has 4 aromatic rings. The standard InChI is InChI=1S/C36H33N3O7S2/c1-16(2)29(35(43)44)39-33(41)27-20-14-21(28(27)34(39)42)30-26(20)25(31-32(47-30)38-36(45)48-31)19-11-5-6-13-23(19)46-15-24(40)37-22-12-7-9-17-8-3-4-10-18(17)22/h3-13,16,20-21,25-30H,14-15H2,1-2H3,(H,37,40)(H,38,45)(H,43,44)/t20?,21?,25-,26?,27?,28?,29?,30?/m1/s1. The van der Waals surface area contributed by atoms with Crippen LogP contribution in [0.15, 0.2) is 76.6 Å². The number of imide groups is 1. The minimum absolute atomic E-state index is 0.0688. The molecule has 0 spiro atoms. The fourth-order valence-corrected chi connectivity index (χ4v) is 11.8. The minimum Gasteiger partial charge on any atom is -0.483 e. The first-order valence-corrected chi connectivity index (χ1v) is 17.8. The van der Waals surface area contributed by atoms with Crippen molar-refractivity contribution in [1.82, 2.24) is 9.88 Å². The van der Waals surface area contributed by atoms with Crippen molar-refractivity contribution in [2.45, 2.75) is 42.5 Å². The van der Waals surface area contributed by atoms with Gasteiger partial charge in [0.15, 0.2) is 6.61 Å². The molecule has 246 valence electrons. The van der Waals surface area contributed by atoms with Gasteiger partial charge in [-0.1, -0.05) is 79.8 Å². The molecule has 48 heavy (non-hydrogen) atoms. The number of rotatable bonds is 8. The molecule has 0 radical (unpaired) electrons. The zero-order chi connectivity index (χ0) is 33.4. The van der Waals surface area contributed by atoms with Crippen LogP contribution in [0.1, 0.15) is 36.6 Å². The van der Waals surface area contributed by atoms with Crippen molar-refractivity contribution >= 4 is 63.2 Å². The number of hydrogen-bond acceptors (Lipinski definition) is 8. The second-order valence-corrected chi connectivity index (χ2v) is 15.6. The first-order chi connectivity index (χ1) is 23.1. The molecule has 8 rings (SSSR count). The molecule has 2 saturated carbocycles. The molecule has 2 bridgehead atoms. The number of fused-ring (bicyclic) bond motifs is 10. The second kappa shape index (κ2) is 11.6. The fraction of sp³-hybridized carbons (Fsp3) is 0.361. The number of amides is 3. The Bertz CT molecular complexity index is 2050. The highest BCUT2D eigenvalue weighted by atomic mass is 32.2. The van der Waals surface area contributed by atoms with E-state index in [1.54, 1.807) is 25.6 Å². The van der Waals surface area contributed by atoms with Crippen molar-refractivity contribution < 1.29 is 29.0 Å². The number of aliphatic carboxylic acids is 1. The van der Waals surface area contributed by atoms with Gasteiger partial charge < -0.3 is 20.1 Å². The van der Waals surface area contributed by atoms with Crippen molar-refractivity contribution in [2.75, 3.05) is 11.9 Å². The Balaban J connectivity index is 1.11. The quantitative estimate of drug-likeness (QED) is 0.215. The highest BCUT2D eigenvalue weighted by Gasteiger charge is 2.70. The molecule has 2 aliphatic carbocycles. The first-order valence-electron chi connectivity index (χ1n) is 16.1. The van der Waals surface area contributed by atoms with Gasteiger partial charge in [-0.2, -0.15) is 0 Å². The number of carboxylic acid groups (broad SMARTS) is 1. The average Bonchev–Trinajstić information content (AvgIpc) is 3.80. The van der Waals surface area contributed by atoms with Crippen LogP contribution in [0, 0.1) is 35.5 Å². The molecule has 3 fully saturated rings. The Labute approximate surface area is 283 Å². The topological polar surface area (TPSA) is 146 Å². The van der Waals surface area contributed by atoms with Crippen LogP contribution >= 0.6 is 23.1 Å². The van der Waals surface area contributed by atoms with Crippen molar-refractivity contribution in [1.29, 1.82) is 0 Å². The third kappa shape index (κ3) is 4.71. The lowest BCUT2D eigenvalue weighted by molar-refractivity contribution is -0.157. The molecule has 3 heterocycles. The lowest BCUT2D eigenvalue weighted by Crippen LogP contribution is -2.49. The zero-order valence-electron chi connectivity index (χ0n) is 26.1. The normalized spacial score (nSPS) is 27.6. The Morgan fingerprint density at radius 2 is 1.69 bits per heavy atom. The Morgan fingerprint density at radius 1 is 0.979 bits per heavy atom. The number of thioether (sulfide) groups is 1. The number of thiazole rings is 1. The summed E-state index contributed by atoms with van der Waals surface area (Å²) in [6, 6.07) is 19.8. The van der Waals surface area contributed by atoms with Crippen LogP contribution in [0.5, 0.6) is 5.75 Å². The van der Waals surface area contributed by atoms with Crippen LogP contribution in [-0.2, 0) is 19.2 Å². The molecule has 4 aliphatic rings. The van der Waals surface area contributed by atoms with E-state index in [2.05, 4.69) is 10.3 Å². The summed E-state index contributed by atoms with van der Waals surface area (Å²) >= 11 is 2.70. The van der Waals surface area contributed by atoms with Crippen LogP contribution in [-0.4, -0.2) is 56.6 Å². The number of aromatic nitrogens is 1. The highest BCUT2D eigenvalue weighted by molar-refractivity contribution is 8.00. The van der Waals surface area contributed by atoms with Crippen LogP contribution in [0.4, 0.5) is 5.69 Å². The molecule has 1 aromatic heterocycles. The average molecular weight is 684 g/mol. The minimum atomic E-state index is -1.22. The molecule has 7 unspecified atom stereocenters. The van der Waals surface area contributed by atoms with E-state index in [1.165, 1.54) is 0 Å². The van der Waals surface area contributed by atoms with Crippen molar-refractivity contribution in [3.05, 3.63) is 86.8 Å². The number of ether oxygens (including phenoxy) is 1. The zero-order valence-corrected chi connectivity index (χ0v) is 27.8. The third-order valence-corrected chi connectivity index (χ3v) is 13.2. The van der Waals surface area contributed by atoms with E-state index in [1.807, 2.05) is 66.7 Å². The highest BCUT2D eigenvalue weighted by Crippen LogP contribution is 2.69. The van der Waals surface area contributed by atoms with E-state index in [9.17, 15) is 29.1 Å². The second-order valence-electron chi connectivity index (χ2n) is 13.4. The number of likely N-dealkylation sites (tertiary alicyclic amines) is 1. The van der Waals surface area contributed by atoms with Crippen LogP contribution < -0.4 is 14.9 Å². The van der Waals surface area contributed by atoms with Gasteiger partial charge in [-0.3, -0.25) is 24.1 Å². The number of carboxylic acids is 1. The Hall–Kier alpha value is -4.42. The number of H-pyrrole nitrogens is 1. The summed E-state index contributed by atoms with van der Waals surface area (Å²) < 4.78 is 6.22. The number of aromatic amines is 1. The molecule has 8 atom stereocenters. The molecule has 3 amide bonds. The lowest BCUT2D eigenvalue weighted by Gasteiger charge is -2.43. The summed E-state index contributed by atoms with van der Waals surface area (Å²) in [5.41, 5.74) is 1.50. The largest absolute Gasteiger partial charge is 0.483 e. The van der Waals surface area contributed by atoms with E-state index in [-0.39, 0.29) is 52.2 Å². The maximum atomic E-state index is 14.0. The maximum absolute atomic E-state index is 14.0. The van der Waals surface area contributed by atoms with Gasteiger partial charge in [-0.05, 0) is 47.6 Å². The summed E-state index contributed by atoms with van der Waals surface area (Å²) in [7, 11) is 0. The van der Waals surface area contributed by atoms with Gasteiger partial charge in [-0.15, -0.1) is 11.8 Å². The molecule has 3 aromatic carbocycles. The predicted octanol–water partition coefficient (Wildman–Crippen LogP) is 5.19. The van der Waals surface area contributed by atoms with Crippen LogP contribution in [0.25, 0.3) is 10.8 Å². The van der Waals surface area contributed by atoms with E-state index >= 15 is 0 Å². The number of para-hydroxylation sites is 1. The molecular weight excluding hydrogens is 651 g/mol. The molecule has 2 aliphatic heterocycles. The fourth-order valence-electron chi connectivity index (χ4n) is 8.89. The summed E-state index contributed by atoms with van der Waals surface area (Å²) in [5, 5.41) is 15.6. The van der Waals surface area contributed by atoms with E-state index in [4.69, 9.17) is 4.74 Å². The van der Waals surface area contributed by atoms with Gasteiger partial charge >= 0.3 is 10.8 Å². The van der Waals surface area contributed by atoms with Crippen LogP contribution in [0.2, 0.25) is 0 Å². The Kier molecular flexibility index (Phi) is 7.48. The molecule has 10 nitrogen and oxygen atoms in total. The number of carbonyl (C=O) groups is 4. The predicted molar refractivity (Wildman–Crippen MR) is 181 cm³/mol. The Morgan fingerprint density at radius 3 is 2.46 bits per heavy atom. The number of carbonyl (C=O) groups excluding carboxylic acids is 3. The van der Waals surface area contributed by atoms with E-state index < -0.39 is 35.7 Å². The summed E-state index contributed by atoms with van der Waals surface area (Å²) in [6.07, 6.45) is 0.675. The van der Waals surface area contributed by atoms with E-state index in [0.717, 1.165) is 42.5 Å². The lowest BCUT2D eigenvalue weighted by atomic mass is 9.68. The van der Waals surface area contributed by atoms with Crippen molar-refractivity contribution in [2.24, 2.45) is 35.5 Å².